The van der Waals surface area contributed by atoms with Crippen molar-refractivity contribution >= 4 is 11.6 Å². The molecule has 0 aliphatic heterocycles. The highest BCUT2D eigenvalue weighted by Gasteiger charge is 2.18. The summed E-state index contributed by atoms with van der Waals surface area (Å²) >= 11 is 0. The number of rotatable bonds is 2. The maximum Gasteiger partial charge on any atom is 0.252 e. The lowest BCUT2D eigenvalue weighted by atomic mass is 9.86. The number of hydrogen-bond acceptors (Lipinski definition) is 2. The summed E-state index contributed by atoms with van der Waals surface area (Å²) in [7, 11) is 1.69. The molecule has 0 saturated heterocycles. The standard InChI is InChI=1S/C14H21NO2/c1-10-6-7-11(14(2,3)4)8-12(10)15(5)13(17)9-16/h6-8,16H,9H2,1-5H3. The zero-order valence-electron chi connectivity index (χ0n) is 11.2. The molecule has 1 aromatic carbocycles. The van der Waals surface area contributed by atoms with Crippen LogP contribution in [0.15, 0.2) is 18.2 Å². The molecule has 0 saturated carbocycles. The molecule has 1 N–H and O–H groups in total. The van der Waals surface area contributed by atoms with E-state index in [-0.39, 0.29) is 11.3 Å². The van der Waals surface area contributed by atoms with Crippen molar-refractivity contribution in [3.63, 3.8) is 0 Å². The van der Waals surface area contributed by atoms with Crippen molar-refractivity contribution in [3.8, 4) is 0 Å². The number of nitrogens with zero attached hydrogens (tertiary/aromatic N) is 1. The average Bonchev–Trinajstić information content (AvgIpc) is 2.26. The van der Waals surface area contributed by atoms with Crippen molar-refractivity contribution in [2.45, 2.75) is 33.1 Å². The van der Waals surface area contributed by atoms with Gasteiger partial charge in [-0.2, -0.15) is 0 Å². The van der Waals surface area contributed by atoms with Gasteiger partial charge in [0.25, 0.3) is 5.91 Å². The molecule has 0 radical (unpaired) electrons. The molecule has 0 unspecified atom stereocenters. The Kier molecular flexibility index (Phi) is 3.94. The largest absolute Gasteiger partial charge is 0.387 e. The fraction of sp³-hybridized carbons (Fsp3) is 0.500. The zero-order valence-corrected chi connectivity index (χ0v) is 11.2. The van der Waals surface area contributed by atoms with E-state index in [0.717, 1.165) is 11.3 Å². The van der Waals surface area contributed by atoms with Gasteiger partial charge in [-0.1, -0.05) is 32.9 Å². The van der Waals surface area contributed by atoms with Crippen molar-refractivity contribution in [2.24, 2.45) is 0 Å². The Morgan fingerprint density at radius 1 is 1.35 bits per heavy atom. The molecule has 1 rings (SSSR count). The van der Waals surface area contributed by atoms with Crippen molar-refractivity contribution < 1.29 is 9.90 Å². The summed E-state index contributed by atoms with van der Waals surface area (Å²) in [6.07, 6.45) is 0. The third-order valence-electron chi connectivity index (χ3n) is 2.95. The summed E-state index contributed by atoms with van der Waals surface area (Å²) in [6.45, 7) is 7.90. The van der Waals surface area contributed by atoms with Crippen LogP contribution < -0.4 is 4.90 Å². The molecular weight excluding hydrogens is 214 g/mol. The van der Waals surface area contributed by atoms with Gasteiger partial charge in [-0.3, -0.25) is 4.79 Å². The Morgan fingerprint density at radius 3 is 2.41 bits per heavy atom. The average molecular weight is 235 g/mol. The number of anilines is 1. The van der Waals surface area contributed by atoms with Crippen molar-refractivity contribution in [1.82, 2.24) is 0 Å². The zero-order chi connectivity index (χ0) is 13.2. The van der Waals surface area contributed by atoms with Crippen LogP contribution in [0.1, 0.15) is 31.9 Å². The summed E-state index contributed by atoms with van der Waals surface area (Å²) in [5.74, 6) is -0.292. The van der Waals surface area contributed by atoms with Crippen LogP contribution in [0.5, 0.6) is 0 Å². The first-order chi connectivity index (χ1) is 7.77. The van der Waals surface area contributed by atoms with Crippen molar-refractivity contribution in [1.29, 1.82) is 0 Å². The van der Waals surface area contributed by atoms with E-state index in [1.54, 1.807) is 7.05 Å². The van der Waals surface area contributed by atoms with E-state index in [4.69, 9.17) is 5.11 Å². The lowest BCUT2D eigenvalue weighted by Crippen LogP contribution is -2.29. The molecule has 17 heavy (non-hydrogen) atoms. The Bertz CT molecular complexity index is 419. The fourth-order valence-electron chi connectivity index (χ4n) is 1.68. The molecule has 0 fully saturated rings. The molecule has 0 spiro atoms. The lowest BCUT2D eigenvalue weighted by Gasteiger charge is -2.24. The second kappa shape index (κ2) is 4.88. The molecule has 3 heteroatoms. The number of hydrogen-bond donors (Lipinski definition) is 1. The molecule has 3 nitrogen and oxygen atoms in total. The number of amides is 1. The van der Waals surface area contributed by atoms with Crippen LogP contribution in [0.2, 0.25) is 0 Å². The summed E-state index contributed by atoms with van der Waals surface area (Å²) in [5, 5.41) is 8.90. The van der Waals surface area contributed by atoms with E-state index in [1.807, 2.05) is 19.1 Å². The summed E-state index contributed by atoms with van der Waals surface area (Å²) in [4.78, 5) is 13.0. The lowest BCUT2D eigenvalue weighted by molar-refractivity contribution is -0.120. The number of aliphatic hydroxyl groups is 1. The Balaban J connectivity index is 3.20. The number of carbonyl (C=O) groups excluding carboxylic acids is 1. The smallest absolute Gasteiger partial charge is 0.252 e. The molecular formula is C14H21NO2. The molecule has 0 aliphatic carbocycles. The molecule has 0 atom stereocenters. The van der Waals surface area contributed by atoms with Gasteiger partial charge in [0.15, 0.2) is 0 Å². The first-order valence-corrected chi connectivity index (χ1v) is 5.76. The van der Waals surface area contributed by atoms with Crippen LogP contribution >= 0.6 is 0 Å². The summed E-state index contributed by atoms with van der Waals surface area (Å²) in [6, 6.07) is 6.11. The maximum absolute atomic E-state index is 11.5. The first kappa shape index (κ1) is 13.7. The minimum Gasteiger partial charge on any atom is -0.387 e. The summed E-state index contributed by atoms with van der Waals surface area (Å²) in [5.41, 5.74) is 3.11. The van der Waals surface area contributed by atoms with Crippen LogP contribution in [-0.2, 0) is 10.2 Å². The van der Waals surface area contributed by atoms with E-state index in [9.17, 15) is 4.79 Å². The highest BCUT2D eigenvalue weighted by Crippen LogP contribution is 2.28. The number of aliphatic hydroxyl groups excluding tert-OH is 1. The summed E-state index contributed by atoms with van der Waals surface area (Å²) < 4.78 is 0. The molecule has 0 aliphatic rings. The van der Waals surface area contributed by atoms with Gasteiger partial charge in [0, 0.05) is 12.7 Å². The molecule has 94 valence electrons. The van der Waals surface area contributed by atoms with E-state index in [1.165, 1.54) is 10.5 Å². The number of aryl methyl sites for hydroxylation is 1. The molecule has 1 amide bonds. The monoisotopic (exact) mass is 235 g/mol. The molecule has 0 aromatic heterocycles. The van der Waals surface area contributed by atoms with Crippen LogP contribution in [0.3, 0.4) is 0 Å². The van der Waals surface area contributed by atoms with Gasteiger partial charge < -0.3 is 10.0 Å². The predicted octanol–water partition coefficient (Wildman–Crippen LogP) is 2.25. The first-order valence-electron chi connectivity index (χ1n) is 5.76. The molecule has 0 heterocycles. The minimum absolute atomic E-state index is 0.0472. The predicted molar refractivity (Wildman–Crippen MR) is 70.4 cm³/mol. The molecule has 1 aromatic rings. The minimum atomic E-state index is -0.463. The number of benzene rings is 1. The normalized spacial score (nSPS) is 11.4. The van der Waals surface area contributed by atoms with E-state index in [0.29, 0.717) is 0 Å². The van der Waals surface area contributed by atoms with Gasteiger partial charge in [-0.15, -0.1) is 0 Å². The van der Waals surface area contributed by atoms with Crippen LogP contribution in [-0.4, -0.2) is 24.7 Å². The quantitative estimate of drug-likeness (QED) is 0.854. The Morgan fingerprint density at radius 2 is 1.94 bits per heavy atom. The van der Waals surface area contributed by atoms with Gasteiger partial charge in [0.2, 0.25) is 0 Å². The second-order valence-electron chi connectivity index (χ2n) is 5.36. The SMILES string of the molecule is Cc1ccc(C(C)(C)C)cc1N(C)C(=O)CO. The van der Waals surface area contributed by atoms with Crippen molar-refractivity contribution in [3.05, 3.63) is 29.3 Å². The number of likely N-dealkylation sites (N-methyl/N-ethyl adjacent to an activating group) is 1. The van der Waals surface area contributed by atoms with Crippen molar-refractivity contribution in [2.75, 3.05) is 18.6 Å². The maximum atomic E-state index is 11.5. The van der Waals surface area contributed by atoms with E-state index >= 15 is 0 Å². The van der Waals surface area contributed by atoms with Gasteiger partial charge >= 0.3 is 0 Å². The van der Waals surface area contributed by atoms with Gasteiger partial charge in [-0.05, 0) is 29.5 Å². The fourth-order valence-corrected chi connectivity index (χ4v) is 1.68. The van der Waals surface area contributed by atoms with Gasteiger partial charge in [-0.25, -0.2) is 0 Å². The third-order valence-corrected chi connectivity index (χ3v) is 2.95. The van der Waals surface area contributed by atoms with Gasteiger partial charge in [0.1, 0.15) is 6.61 Å². The second-order valence-corrected chi connectivity index (χ2v) is 5.36. The molecule has 0 bridgehead atoms. The highest BCUT2D eigenvalue weighted by atomic mass is 16.3. The Labute approximate surface area is 103 Å². The van der Waals surface area contributed by atoms with Crippen LogP contribution in [0, 0.1) is 6.92 Å². The van der Waals surface area contributed by atoms with Gasteiger partial charge in [0.05, 0.1) is 0 Å². The van der Waals surface area contributed by atoms with Crippen LogP contribution in [0.25, 0.3) is 0 Å². The Hall–Kier alpha value is -1.35. The van der Waals surface area contributed by atoms with E-state index < -0.39 is 6.61 Å². The highest BCUT2D eigenvalue weighted by molar-refractivity contribution is 5.94. The van der Waals surface area contributed by atoms with Crippen LogP contribution in [0.4, 0.5) is 5.69 Å². The third kappa shape index (κ3) is 3.07. The topological polar surface area (TPSA) is 40.5 Å². The van der Waals surface area contributed by atoms with E-state index in [2.05, 4.69) is 26.8 Å². The number of carbonyl (C=O) groups is 1.